The summed E-state index contributed by atoms with van der Waals surface area (Å²) in [5.74, 6) is -0.720. The van der Waals surface area contributed by atoms with E-state index in [1.165, 1.54) is 46.5 Å². The molecule has 1 N–H and O–H groups in total. The van der Waals surface area contributed by atoms with E-state index >= 15 is 0 Å². The van der Waals surface area contributed by atoms with Gasteiger partial charge in [-0.05, 0) is 35.7 Å². The second-order valence-corrected chi connectivity index (χ2v) is 6.71. The molecule has 0 atom stereocenters. The van der Waals surface area contributed by atoms with Gasteiger partial charge in [-0.25, -0.2) is 13.8 Å². The van der Waals surface area contributed by atoms with Gasteiger partial charge in [0.1, 0.15) is 17.7 Å². The van der Waals surface area contributed by atoms with Gasteiger partial charge in [0, 0.05) is 4.88 Å². The lowest BCUT2D eigenvalue weighted by Gasteiger charge is -2.06. The second-order valence-electron chi connectivity index (χ2n) is 5.68. The Morgan fingerprint density at radius 2 is 2.04 bits per heavy atom. The van der Waals surface area contributed by atoms with E-state index in [0.29, 0.717) is 12.2 Å². The summed E-state index contributed by atoms with van der Waals surface area (Å²) >= 11 is 1.53. The van der Waals surface area contributed by atoms with Crippen molar-refractivity contribution in [1.29, 1.82) is 0 Å². The number of hydrogen-bond donors (Lipinski definition) is 1. The molecule has 0 radical (unpaired) electrons. The van der Waals surface area contributed by atoms with Crippen LogP contribution in [-0.2, 0) is 17.9 Å². The van der Waals surface area contributed by atoms with E-state index in [-0.39, 0.29) is 29.3 Å². The van der Waals surface area contributed by atoms with Crippen molar-refractivity contribution in [2.24, 2.45) is 0 Å². The number of nitrogens with one attached hydrogen (secondary N) is 1. The highest BCUT2D eigenvalue weighted by molar-refractivity contribution is 7.09. The van der Waals surface area contributed by atoms with Crippen molar-refractivity contribution < 1.29 is 9.18 Å². The van der Waals surface area contributed by atoms with E-state index in [1.54, 1.807) is 0 Å². The van der Waals surface area contributed by atoms with Crippen molar-refractivity contribution >= 4 is 28.3 Å². The van der Waals surface area contributed by atoms with Crippen LogP contribution in [0.25, 0.3) is 16.7 Å². The maximum absolute atomic E-state index is 13.1. The third-order valence-corrected chi connectivity index (χ3v) is 4.74. The number of benzene rings is 1. The molecule has 8 nitrogen and oxygen atoms in total. The molecular formula is C17H13FN6O2S. The van der Waals surface area contributed by atoms with Crippen molar-refractivity contribution in [1.82, 2.24) is 30.1 Å². The summed E-state index contributed by atoms with van der Waals surface area (Å²) in [7, 11) is 0. The van der Waals surface area contributed by atoms with Gasteiger partial charge in [-0.15, -0.1) is 16.4 Å². The molecule has 4 aromatic rings. The SMILES string of the molecule is O=C(Cn1nnc2c(cnn2-c2ccc(F)cc2)c1=O)NCc1cccs1. The molecule has 3 heterocycles. The van der Waals surface area contributed by atoms with Crippen LogP contribution < -0.4 is 10.9 Å². The summed E-state index contributed by atoms with van der Waals surface area (Å²) in [5, 5.41) is 16.8. The highest BCUT2D eigenvalue weighted by Gasteiger charge is 2.14. The lowest BCUT2D eigenvalue weighted by Crippen LogP contribution is -2.33. The monoisotopic (exact) mass is 384 g/mol. The normalized spacial score (nSPS) is 11.0. The summed E-state index contributed by atoms with van der Waals surface area (Å²) in [6.45, 7) is 0.151. The molecule has 0 saturated heterocycles. The highest BCUT2D eigenvalue weighted by atomic mass is 32.1. The standard InChI is InChI=1S/C17H13FN6O2S/c18-11-3-5-12(6-4-11)24-16-14(9-20-24)17(26)23(22-21-16)10-15(25)19-8-13-2-1-7-27-13/h1-7,9H,8,10H2,(H,19,25). The van der Waals surface area contributed by atoms with Gasteiger partial charge in [0.15, 0.2) is 5.65 Å². The molecule has 0 saturated carbocycles. The molecule has 0 fully saturated rings. The number of rotatable bonds is 5. The first-order valence-electron chi connectivity index (χ1n) is 7.98. The Bertz CT molecular complexity index is 1150. The molecule has 0 spiro atoms. The van der Waals surface area contributed by atoms with Crippen LogP contribution in [0.3, 0.4) is 0 Å². The summed E-state index contributed by atoms with van der Waals surface area (Å²) in [4.78, 5) is 25.6. The number of halogens is 1. The van der Waals surface area contributed by atoms with Crippen LogP contribution >= 0.6 is 11.3 Å². The average molecular weight is 384 g/mol. The first-order chi connectivity index (χ1) is 13.1. The van der Waals surface area contributed by atoms with E-state index in [0.717, 1.165) is 9.56 Å². The molecular weight excluding hydrogens is 371 g/mol. The van der Waals surface area contributed by atoms with E-state index in [4.69, 9.17) is 0 Å². The number of carbonyl (C=O) groups excluding carboxylic acids is 1. The van der Waals surface area contributed by atoms with E-state index in [9.17, 15) is 14.0 Å². The predicted molar refractivity (Wildman–Crippen MR) is 97.0 cm³/mol. The number of fused-ring (bicyclic) bond motifs is 1. The van der Waals surface area contributed by atoms with Crippen LogP contribution in [0.2, 0.25) is 0 Å². The van der Waals surface area contributed by atoms with Gasteiger partial charge in [-0.1, -0.05) is 11.3 Å². The number of amides is 1. The number of hydrogen-bond acceptors (Lipinski definition) is 6. The second kappa shape index (κ2) is 7.08. The molecule has 4 rings (SSSR count). The highest BCUT2D eigenvalue weighted by Crippen LogP contribution is 2.13. The van der Waals surface area contributed by atoms with E-state index in [2.05, 4.69) is 20.7 Å². The Labute approximate surface area is 155 Å². The van der Waals surface area contributed by atoms with Crippen LogP contribution in [0.15, 0.2) is 52.8 Å². The molecule has 0 aliphatic rings. The topological polar surface area (TPSA) is 94.7 Å². The fourth-order valence-corrected chi connectivity index (χ4v) is 3.18. The zero-order valence-corrected chi connectivity index (χ0v) is 14.7. The molecule has 0 unspecified atom stereocenters. The van der Waals surface area contributed by atoms with Gasteiger partial charge in [-0.2, -0.15) is 5.10 Å². The average Bonchev–Trinajstić information content (AvgIpc) is 3.33. The third kappa shape index (κ3) is 3.47. The Balaban J connectivity index is 1.56. The largest absolute Gasteiger partial charge is 0.350 e. The van der Waals surface area contributed by atoms with Gasteiger partial charge in [0.25, 0.3) is 5.56 Å². The molecule has 1 aromatic carbocycles. The number of nitrogens with zero attached hydrogens (tertiary/aromatic N) is 5. The number of thiophene rings is 1. The molecule has 0 aliphatic carbocycles. The van der Waals surface area contributed by atoms with Crippen LogP contribution in [0, 0.1) is 5.82 Å². The minimum Gasteiger partial charge on any atom is -0.350 e. The zero-order valence-electron chi connectivity index (χ0n) is 13.9. The molecule has 1 amide bonds. The Hall–Kier alpha value is -3.40. The summed E-state index contributed by atoms with van der Waals surface area (Å²) in [6, 6.07) is 9.42. The first kappa shape index (κ1) is 17.0. The van der Waals surface area contributed by atoms with Gasteiger partial charge < -0.3 is 5.32 Å². The molecule has 10 heteroatoms. The summed E-state index contributed by atoms with van der Waals surface area (Å²) < 4.78 is 15.5. The lowest BCUT2D eigenvalue weighted by atomic mass is 10.3. The summed E-state index contributed by atoms with van der Waals surface area (Å²) in [6.07, 6.45) is 1.36. The van der Waals surface area contributed by atoms with E-state index in [1.807, 2.05) is 17.5 Å². The summed E-state index contributed by atoms with van der Waals surface area (Å²) in [5.41, 5.74) is 0.313. The van der Waals surface area contributed by atoms with Crippen LogP contribution in [0.4, 0.5) is 4.39 Å². The number of carbonyl (C=O) groups is 1. The van der Waals surface area contributed by atoms with Gasteiger partial charge in [0.2, 0.25) is 5.91 Å². The van der Waals surface area contributed by atoms with Crippen LogP contribution in [-0.4, -0.2) is 30.7 Å². The van der Waals surface area contributed by atoms with Gasteiger partial charge in [-0.3, -0.25) is 9.59 Å². The Morgan fingerprint density at radius 3 is 2.78 bits per heavy atom. The number of aromatic nitrogens is 5. The zero-order chi connectivity index (χ0) is 18.8. The first-order valence-corrected chi connectivity index (χ1v) is 8.86. The molecule has 0 aliphatic heterocycles. The minimum absolute atomic E-state index is 0.223. The van der Waals surface area contributed by atoms with Crippen LogP contribution in [0.5, 0.6) is 0 Å². The Morgan fingerprint density at radius 1 is 1.22 bits per heavy atom. The fraction of sp³-hybridized carbons (Fsp3) is 0.118. The predicted octanol–water partition coefficient (Wildman–Crippen LogP) is 1.49. The Kier molecular flexibility index (Phi) is 4.47. The maximum Gasteiger partial charge on any atom is 0.281 e. The van der Waals surface area contributed by atoms with Crippen molar-refractivity contribution in [3.63, 3.8) is 0 Å². The quantitative estimate of drug-likeness (QED) is 0.563. The van der Waals surface area contributed by atoms with Crippen molar-refractivity contribution in [2.75, 3.05) is 0 Å². The molecule has 0 bridgehead atoms. The van der Waals surface area contributed by atoms with Gasteiger partial charge >= 0.3 is 0 Å². The van der Waals surface area contributed by atoms with Crippen molar-refractivity contribution in [2.45, 2.75) is 13.1 Å². The van der Waals surface area contributed by atoms with E-state index < -0.39 is 5.56 Å². The smallest absolute Gasteiger partial charge is 0.281 e. The lowest BCUT2D eigenvalue weighted by molar-refractivity contribution is -0.122. The van der Waals surface area contributed by atoms with Crippen LogP contribution in [0.1, 0.15) is 4.88 Å². The molecule has 136 valence electrons. The van der Waals surface area contributed by atoms with Crippen molar-refractivity contribution in [3.8, 4) is 5.69 Å². The fourth-order valence-electron chi connectivity index (χ4n) is 2.53. The molecule has 3 aromatic heterocycles. The van der Waals surface area contributed by atoms with Crippen molar-refractivity contribution in [3.05, 3.63) is 69.0 Å². The van der Waals surface area contributed by atoms with Gasteiger partial charge in [0.05, 0.1) is 18.4 Å². The maximum atomic E-state index is 13.1. The minimum atomic E-state index is -0.473. The third-order valence-electron chi connectivity index (χ3n) is 3.86. The molecule has 27 heavy (non-hydrogen) atoms.